The van der Waals surface area contributed by atoms with Crippen LogP contribution in [0.25, 0.3) is 5.82 Å². The number of rotatable bonds is 2. The van der Waals surface area contributed by atoms with Gasteiger partial charge in [0.2, 0.25) is 0 Å². The van der Waals surface area contributed by atoms with E-state index in [4.69, 9.17) is 11.6 Å². The number of carbonyl (C=O) groups excluding carboxylic acids is 1. The fourth-order valence-electron chi connectivity index (χ4n) is 1.40. The van der Waals surface area contributed by atoms with Crippen molar-refractivity contribution in [3.05, 3.63) is 44.9 Å². The first-order chi connectivity index (χ1) is 8.13. The molecular formula is C11H9ClIN3O. The van der Waals surface area contributed by atoms with Crippen LogP contribution in [0.3, 0.4) is 0 Å². The van der Waals surface area contributed by atoms with E-state index in [2.05, 4.69) is 32.9 Å². The molecular weight excluding hydrogens is 352 g/mol. The number of hydrogen-bond acceptors (Lipinski definition) is 2. The van der Waals surface area contributed by atoms with Crippen LogP contribution in [-0.2, 0) is 0 Å². The van der Waals surface area contributed by atoms with Crippen molar-refractivity contribution >= 4 is 40.1 Å². The number of carbonyl (C=O) groups is 1. The monoisotopic (exact) mass is 361 g/mol. The van der Waals surface area contributed by atoms with E-state index < -0.39 is 0 Å². The summed E-state index contributed by atoms with van der Waals surface area (Å²) in [5, 5.41) is 3.14. The van der Waals surface area contributed by atoms with Gasteiger partial charge in [-0.3, -0.25) is 4.79 Å². The van der Waals surface area contributed by atoms with Crippen molar-refractivity contribution < 1.29 is 4.79 Å². The Kier molecular flexibility index (Phi) is 3.68. The predicted octanol–water partition coefficient (Wildman–Crippen LogP) is 2.49. The summed E-state index contributed by atoms with van der Waals surface area (Å²) in [5.74, 6) is 0.485. The highest BCUT2D eigenvalue weighted by Gasteiger charge is 2.10. The normalized spacial score (nSPS) is 10.3. The zero-order valence-corrected chi connectivity index (χ0v) is 11.9. The lowest BCUT2D eigenvalue weighted by Crippen LogP contribution is -2.16. The molecule has 0 saturated heterocycles. The molecule has 17 heavy (non-hydrogen) atoms. The third kappa shape index (κ3) is 2.44. The minimum absolute atomic E-state index is 0.134. The Morgan fingerprint density at radius 1 is 1.53 bits per heavy atom. The first-order valence-corrected chi connectivity index (χ1v) is 6.29. The van der Waals surface area contributed by atoms with Crippen LogP contribution in [0.4, 0.5) is 0 Å². The predicted molar refractivity (Wildman–Crippen MR) is 74.7 cm³/mol. The van der Waals surface area contributed by atoms with Gasteiger partial charge in [0, 0.05) is 29.2 Å². The van der Waals surface area contributed by atoms with E-state index >= 15 is 0 Å². The second-order valence-electron chi connectivity index (χ2n) is 3.32. The maximum absolute atomic E-state index is 11.4. The van der Waals surface area contributed by atoms with Crippen molar-refractivity contribution in [3.63, 3.8) is 0 Å². The summed E-state index contributed by atoms with van der Waals surface area (Å²) in [6.07, 6.45) is 5.14. The van der Waals surface area contributed by atoms with E-state index in [1.807, 2.05) is 6.07 Å². The first kappa shape index (κ1) is 12.4. The highest BCUT2D eigenvalue weighted by atomic mass is 127. The fraction of sp³-hybridized carbons (Fsp3) is 0.0909. The van der Waals surface area contributed by atoms with Gasteiger partial charge >= 0.3 is 0 Å². The smallest absolute Gasteiger partial charge is 0.252 e. The average molecular weight is 362 g/mol. The van der Waals surface area contributed by atoms with Crippen molar-refractivity contribution in [2.24, 2.45) is 0 Å². The van der Waals surface area contributed by atoms with E-state index in [1.165, 1.54) is 0 Å². The Morgan fingerprint density at radius 3 is 3.00 bits per heavy atom. The number of halogens is 2. The van der Waals surface area contributed by atoms with Gasteiger partial charge in [0.1, 0.15) is 0 Å². The largest absolute Gasteiger partial charge is 0.355 e. The second kappa shape index (κ2) is 5.05. The number of amides is 1. The van der Waals surface area contributed by atoms with E-state index in [-0.39, 0.29) is 5.91 Å². The summed E-state index contributed by atoms with van der Waals surface area (Å²) in [7, 11) is 1.59. The minimum Gasteiger partial charge on any atom is -0.355 e. The summed E-state index contributed by atoms with van der Waals surface area (Å²) in [6.45, 7) is 0. The Morgan fingerprint density at radius 2 is 2.29 bits per heavy atom. The van der Waals surface area contributed by atoms with Crippen LogP contribution >= 0.6 is 34.2 Å². The molecule has 0 unspecified atom stereocenters. The Labute approximate surface area is 117 Å². The summed E-state index contributed by atoms with van der Waals surface area (Å²) < 4.78 is 2.65. The molecule has 4 nitrogen and oxygen atoms in total. The number of nitrogens with one attached hydrogen (secondary N) is 1. The molecule has 0 spiro atoms. The summed E-state index contributed by atoms with van der Waals surface area (Å²) in [4.78, 5) is 15.6. The van der Waals surface area contributed by atoms with Gasteiger partial charge in [-0.1, -0.05) is 11.6 Å². The van der Waals surface area contributed by atoms with Crippen LogP contribution in [-0.4, -0.2) is 22.5 Å². The molecule has 0 fully saturated rings. The molecule has 2 heterocycles. The third-order valence-corrected chi connectivity index (χ3v) is 3.84. The number of nitrogens with zero attached hydrogens (tertiary/aromatic N) is 2. The quantitative estimate of drug-likeness (QED) is 0.836. The molecule has 2 rings (SSSR count). The lowest BCUT2D eigenvalue weighted by molar-refractivity contribution is 0.0963. The third-order valence-electron chi connectivity index (χ3n) is 2.25. The molecule has 0 aliphatic rings. The SMILES string of the molecule is CNC(=O)c1ccn(-c2nccc(I)c2Cl)c1. The van der Waals surface area contributed by atoms with Gasteiger partial charge in [0.15, 0.2) is 5.82 Å². The Balaban J connectivity index is 2.44. The minimum atomic E-state index is -0.134. The molecule has 1 N–H and O–H groups in total. The molecule has 88 valence electrons. The van der Waals surface area contributed by atoms with Crippen molar-refractivity contribution in [2.75, 3.05) is 7.05 Å². The average Bonchev–Trinajstić information content (AvgIpc) is 2.81. The summed E-state index contributed by atoms with van der Waals surface area (Å²) >= 11 is 8.30. The van der Waals surface area contributed by atoms with E-state index in [1.54, 1.807) is 36.3 Å². The molecule has 2 aromatic rings. The van der Waals surface area contributed by atoms with E-state index in [0.29, 0.717) is 16.4 Å². The van der Waals surface area contributed by atoms with Gasteiger partial charge in [-0.2, -0.15) is 0 Å². The van der Waals surface area contributed by atoms with Crippen LogP contribution in [0.15, 0.2) is 30.7 Å². The first-order valence-electron chi connectivity index (χ1n) is 4.84. The lowest BCUT2D eigenvalue weighted by Gasteiger charge is -2.05. The topological polar surface area (TPSA) is 46.9 Å². The van der Waals surface area contributed by atoms with Gasteiger partial charge in [0.25, 0.3) is 5.91 Å². The maximum Gasteiger partial charge on any atom is 0.252 e. The van der Waals surface area contributed by atoms with Crippen molar-refractivity contribution in [1.29, 1.82) is 0 Å². The van der Waals surface area contributed by atoms with Gasteiger partial charge < -0.3 is 9.88 Å². The van der Waals surface area contributed by atoms with Crippen molar-refractivity contribution in [2.45, 2.75) is 0 Å². The molecule has 0 radical (unpaired) electrons. The molecule has 0 atom stereocenters. The van der Waals surface area contributed by atoms with Gasteiger partial charge in [-0.25, -0.2) is 4.98 Å². The second-order valence-corrected chi connectivity index (χ2v) is 4.86. The molecule has 0 saturated carbocycles. The molecule has 6 heteroatoms. The molecule has 0 aromatic carbocycles. The zero-order chi connectivity index (χ0) is 12.4. The molecule has 0 bridgehead atoms. The highest BCUT2D eigenvalue weighted by molar-refractivity contribution is 14.1. The van der Waals surface area contributed by atoms with Gasteiger partial charge in [-0.05, 0) is 34.7 Å². The van der Waals surface area contributed by atoms with Gasteiger partial charge in [-0.15, -0.1) is 0 Å². The van der Waals surface area contributed by atoms with Crippen LogP contribution < -0.4 is 5.32 Å². The van der Waals surface area contributed by atoms with E-state index in [9.17, 15) is 4.79 Å². The Hall–Kier alpha value is -1.08. The zero-order valence-electron chi connectivity index (χ0n) is 8.95. The van der Waals surface area contributed by atoms with Crippen LogP contribution in [0.5, 0.6) is 0 Å². The number of hydrogen-bond donors (Lipinski definition) is 1. The van der Waals surface area contributed by atoms with Crippen LogP contribution in [0, 0.1) is 3.57 Å². The van der Waals surface area contributed by atoms with Crippen molar-refractivity contribution in [1.82, 2.24) is 14.9 Å². The lowest BCUT2D eigenvalue weighted by atomic mass is 10.3. The molecule has 1 amide bonds. The number of aromatic nitrogens is 2. The highest BCUT2D eigenvalue weighted by Crippen LogP contribution is 2.24. The molecule has 0 aliphatic carbocycles. The van der Waals surface area contributed by atoms with Crippen LogP contribution in [0.1, 0.15) is 10.4 Å². The summed E-state index contributed by atoms with van der Waals surface area (Å²) in [6, 6.07) is 3.55. The van der Waals surface area contributed by atoms with Crippen molar-refractivity contribution in [3.8, 4) is 5.82 Å². The Bertz CT molecular complexity index is 568. The van der Waals surface area contributed by atoms with Crippen LogP contribution in [0.2, 0.25) is 5.02 Å². The summed E-state index contributed by atoms with van der Waals surface area (Å²) in [5.41, 5.74) is 0.573. The maximum atomic E-state index is 11.4. The standard InChI is InChI=1S/C11H9ClIN3O/c1-14-11(17)7-3-5-16(6-7)10-9(12)8(13)2-4-15-10/h2-6H,1H3,(H,14,17). The van der Waals surface area contributed by atoms with Gasteiger partial charge in [0.05, 0.1) is 10.6 Å². The fourth-order valence-corrected chi connectivity index (χ4v) is 2.01. The molecule has 0 aliphatic heterocycles. The number of pyridine rings is 1. The van der Waals surface area contributed by atoms with E-state index in [0.717, 1.165) is 3.57 Å². The molecule has 2 aromatic heterocycles.